The van der Waals surface area contributed by atoms with Gasteiger partial charge in [-0.25, -0.2) is 4.68 Å². The summed E-state index contributed by atoms with van der Waals surface area (Å²) in [4.78, 5) is 19.5. The Labute approximate surface area is 145 Å². The summed E-state index contributed by atoms with van der Waals surface area (Å²) in [6, 6.07) is 5.97. The Balaban J connectivity index is 1.82. The summed E-state index contributed by atoms with van der Waals surface area (Å²) in [5.74, 6) is 0.354. The van der Waals surface area contributed by atoms with Crippen LogP contribution in [0.3, 0.4) is 0 Å². The van der Waals surface area contributed by atoms with Crippen LogP contribution < -0.4 is 10.9 Å². The molecule has 8 heteroatoms. The molecule has 2 aromatic heterocycles. The fraction of sp³-hybridized carbons (Fsp3) is 0.412. The molecule has 3 rings (SSSR count). The SMILES string of the molecule is COCCCCn1nnc2nc(Nc3ccc(C)c(C)c3)[nH]c(=O)c21. The van der Waals surface area contributed by atoms with Crippen LogP contribution in [0.4, 0.5) is 11.6 Å². The maximum atomic E-state index is 12.4. The first kappa shape index (κ1) is 17.1. The second-order valence-electron chi connectivity index (χ2n) is 6.02. The lowest BCUT2D eigenvalue weighted by atomic mass is 10.1. The van der Waals surface area contributed by atoms with Crippen molar-refractivity contribution < 1.29 is 4.74 Å². The second-order valence-corrected chi connectivity index (χ2v) is 6.02. The highest BCUT2D eigenvalue weighted by Crippen LogP contribution is 2.17. The van der Waals surface area contributed by atoms with Crippen molar-refractivity contribution in [3.05, 3.63) is 39.7 Å². The standard InChI is InChI=1S/C17H22N6O2/c1-11-6-7-13(10-12(11)2)18-17-19-15-14(16(24)20-17)23(22-21-15)8-4-5-9-25-3/h6-7,10H,4-5,8-9H2,1-3H3,(H2,18,19,20,24). The minimum absolute atomic E-state index is 0.256. The first-order valence-corrected chi connectivity index (χ1v) is 8.25. The number of anilines is 2. The van der Waals surface area contributed by atoms with Gasteiger partial charge in [0.15, 0.2) is 5.52 Å². The third kappa shape index (κ3) is 3.85. The van der Waals surface area contributed by atoms with E-state index < -0.39 is 0 Å². The molecule has 132 valence electrons. The lowest BCUT2D eigenvalue weighted by molar-refractivity contribution is 0.191. The van der Waals surface area contributed by atoms with E-state index in [9.17, 15) is 4.79 Å². The zero-order chi connectivity index (χ0) is 17.8. The molecule has 0 aliphatic rings. The van der Waals surface area contributed by atoms with Gasteiger partial charge in [0.05, 0.1) is 0 Å². The normalized spacial score (nSPS) is 11.2. The molecule has 0 bridgehead atoms. The van der Waals surface area contributed by atoms with Gasteiger partial charge in [0.25, 0.3) is 5.56 Å². The Hall–Kier alpha value is -2.74. The van der Waals surface area contributed by atoms with Gasteiger partial charge in [-0.05, 0) is 49.9 Å². The van der Waals surface area contributed by atoms with Crippen molar-refractivity contribution in [1.29, 1.82) is 0 Å². The average molecular weight is 342 g/mol. The van der Waals surface area contributed by atoms with Gasteiger partial charge in [-0.2, -0.15) is 4.98 Å². The maximum absolute atomic E-state index is 12.4. The van der Waals surface area contributed by atoms with E-state index in [1.807, 2.05) is 25.1 Å². The fourth-order valence-electron chi connectivity index (χ4n) is 2.58. The summed E-state index contributed by atoms with van der Waals surface area (Å²) in [6.07, 6.45) is 1.75. The van der Waals surface area contributed by atoms with Crippen LogP contribution in [0, 0.1) is 13.8 Å². The highest BCUT2D eigenvalue weighted by atomic mass is 16.5. The molecular formula is C17H22N6O2. The minimum atomic E-state index is -0.256. The number of H-pyrrole nitrogens is 1. The Kier molecular flexibility index (Phi) is 5.08. The number of aromatic nitrogens is 5. The number of aryl methyl sites for hydroxylation is 3. The number of unbranched alkanes of at least 4 members (excludes halogenated alkanes) is 1. The van der Waals surface area contributed by atoms with Gasteiger partial charge >= 0.3 is 0 Å². The number of benzene rings is 1. The number of nitrogens with zero attached hydrogens (tertiary/aromatic N) is 4. The van der Waals surface area contributed by atoms with Crippen molar-refractivity contribution in [2.75, 3.05) is 19.0 Å². The van der Waals surface area contributed by atoms with Crippen LogP contribution in [0.25, 0.3) is 11.2 Å². The van der Waals surface area contributed by atoms with Crippen molar-refractivity contribution in [2.24, 2.45) is 0 Å². The van der Waals surface area contributed by atoms with E-state index in [2.05, 4.69) is 32.5 Å². The quantitative estimate of drug-likeness (QED) is 0.639. The third-order valence-electron chi connectivity index (χ3n) is 4.12. The Morgan fingerprint density at radius 1 is 1.24 bits per heavy atom. The Morgan fingerprint density at radius 2 is 2.08 bits per heavy atom. The highest BCUT2D eigenvalue weighted by molar-refractivity contribution is 5.70. The van der Waals surface area contributed by atoms with Crippen molar-refractivity contribution in [3.8, 4) is 0 Å². The summed E-state index contributed by atoms with van der Waals surface area (Å²) in [5, 5.41) is 11.2. The van der Waals surface area contributed by atoms with E-state index in [0.29, 0.717) is 30.3 Å². The van der Waals surface area contributed by atoms with Crippen LogP contribution in [0.2, 0.25) is 0 Å². The topological polar surface area (TPSA) is 97.7 Å². The van der Waals surface area contributed by atoms with Crippen LogP contribution >= 0.6 is 0 Å². The van der Waals surface area contributed by atoms with E-state index in [1.165, 1.54) is 5.56 Å². The number of hydrogen-bond acceptors (Lipinski definition) is 6. The molecule has 2 N–H and O–H groups in total. The Morgan fingerprint density at radius 3 is 2.84 bits per heavy atom. The number of hydrogen-bond donors (Lipinski definition) is 2. The number of rotatable bonds is 7. The van der Waals surface area contributed by atoms with E-state index in [0.717, 1.165) is 24.1 Å². The fourth-order valence-corrected chi connectivity index (χ4v) is 2.58. The first-order valence-electron chi connectivity index (χ1n) is 8.25. The summed E-state index contributed by atoms with van der Waals surface area (Å²) < 4.78 is 6.62. The van der Waals surface area contributed by atoms with Gasteiger partial charge in [0.1, 0.15) is 0 Å². The number of nitrogens with one attached hydrogen (secondary N) is 2. The molecule has 25 heavy (non-hydrogen) atoms. The minimum Gasteiger partial charge on any atom is -0.385 e. The molecule has 2 heterocycles. The summed E-state index contributed by atoms with van der Waals surface area (Å²) in [5.41, 5.74) is 3.70. The predicted molar refractivity (Wildman–Crippen MR) is 96.3 cm³/mol. The molecule has 0 atom stereocenters. The molecule has 0 spiro atoms. The molecule has 0 amide bonds. The molecule has 0 aliphatic heterocycles. The second kappa shape index (κ2) is 7.43. The molecule has 0 saturated heterocycles. The van der Waals surface area contributed by atoms with Crippen LogP contribution in [-0.4, -0.2) is 38.7 Å². The van der Waals surface area contributed by atoms with Gasteiger partial charge in [-0.1, -0.05) is 11.3 Å². The van der Waals surface area contributed by atoms with Gasteiger partial charge < -0.3 is 10.1 Å². The number of aromatic amines is 1. The van der Waals surface area contributed by atoms with Gasteiger partial charge in [0, 0.05) is 25.9 Å². The smallest absolute Gasteiger partial charge is 0.280 e. The lowest BCUT2D eigenvalue weighted by Crippen LogP contribution is -2.15. The molecule has 3 aromatic rings. The summed E-state index contributed by atoms with van der Waals surface area (Å²) in [6.45, 7) is 5.38. The zero-order valence-electron chi connectivity index (χ0n) is 14.7. The van der Waals surface area contributed by atoms with E-state index in [4.69, 9.17) is 4.74 Å². The number of methoxy groups -OCH3 is 1. The zero-order valence-corrected chi connectivity index (χ0v) is 14.7. The third-order valence-corrected chi connectivity index (χ3v) is 4.12. The average Bonchev–Trinajstić information content (AvgIpc) is 2.99. The van der Waals surface area contributed by atoms with Crippen molar-refractivity contribution >= 4 is 22.8 Å². The van der Waals surface area contributed by atoms with Gasteiger partial charge in [-0.3, -0.25) is 9.78 Å². The van der Waals surface area contributed by atoms with Crippen LogP contribution in [0.1, 0.15) is 24.0 Å². The van der Waals surface area contributed by atoms with E-state index in [1.54, 1.807) is 11.8 Å². The molecule has 0 radical (unpaired) electrons. The molecule has 0 aliphatic carbocycles. The number of fused-ring (bicyclic) bond motifs is 1. The summed E-state index contributed by atoms with van der Waals surface area (Å²) >= 11 is 0. The molecule has 8 nitrogen and oxygen atoms in total. The van der Waals surface area contributed by atoms with Crippen LogP contribution in [0.15, 0.2) is 23.0 Å². The monoisotopic (exact) mass is 342 g/mol. The van der Waals surface area contributed by atoms with Crippen molar-refractivity contribution in [1.82, 2.24) is 25.0 Å². The predicted octanol–water partition coefficient (Wildman–Crippen LogP) is 2.30. The van der Waals surface area contributed by atoms with Crippen molar-refractivity contribution in [2.45, 2.75) is 33.2 Å². The largest absolute Gasteiger partial charge is 0.385 e. The highest BCUT2D eigenvalue weighted by Gasteiger charge is 2.12. The van der Waals surface area contributed by atoms with Crippen LogP contribution in [-0.2, 0) is 11.3 Å². The molecule has 0 fully saturated rings. The van der Waals surface area contributed by atoms with E-state index in [-0.39, 0.29) is 5.56 Å². The van der Waals surface area contributed by atoms with Crippen molar-refractivity contribution in [3.63, 3.8) is 0 Å². The van der Waals surface area contributed by atoms with Gasteiger partial charge in [-0.15, -0.1) is 5.10 Å². The molecule has 1 aromatic carbocycles. The molecule has 0 saturated carbocycles. The Bertz CT molecular complexity index is 931. The van der Waals surface area contributed by atoms with Crippen LogP contribution in [0.5, 0.6) is 0 Å². The lowest BCUT2D eigenvalue weighted by Gasteiger charge is -2.07. The first-order chi connectivity index (χ1) is 12.1. The molecule has 0 unspecified atom stereocenters. The summed E-state index contributed by atoms with van der Waals surface area (Å²) in [7, 11) is 1.67. The molecular weight excluding hydrogens is 320 g/mol. The van der Waals surface area contributed by atoms with E-state index >= 15 is 0 Å². The van der Waals surface area contributed by atoms with Gasteiger partial charge in [0.2, 0.25) is 11.6 Å². The number of ether oxygens (including phenoxy) is 1. The maximum Gasteiger partial charge on any atom is 0.280 e.